The van der Waals surface area contributed by atoms with Gasteiger partial charge in [0.25, 0.3) is 0 Å². The molecule has 0 rings (SSSR count). The Kier molecular flexibility index (Phi) is 236. The van der Waals surface area contributed by atoms with E-state index in [2.05, 4.69) is 50.0 Å². The van der Waals surface area contributed by atoms with Gasteiger partial charge in [0, 0.05) is 65.9 Å². The van der Waals surface area contributed by atoms with E-state index in [1.807, 2.05) is 62.3 Å². The van der Waals surface area contributed by atoms with Crippen molar-refractivity contribution in [2.75, 3.05) is 106 Å². The minimum atomic E-state index is -0.471. The van der Waals surface area contributed by atoms with E-state index in [1.165, 1.54) is 19.3 Å². The molecule has 3 unspecified atom stereocenters. The molecule has 0 aliphatic carbocycles. The predicted octanol–water partition coefficient (Wildman–Crippen LogP) is 15.5. The molecule has 0 fully saturated rings. The van der Waals surface area contributed by atoms with Crippen LogP contribution >= 0.6 is 0 Å². The van der Waals surface area contributed by atoms with Crippen LogP contribution < -0.4 is 10.6 Å². The topological polar surface area (TPSA) is 201 Å². The van der Waals surface area contributed by atoms with Crippen LogP contribution in [0, 0.1) is 0 Å². The summed E-state index contributed by atoms with van der Waals surface area (Å²) in [5, 5.41) is 33.2. The van der Waals surface area contributed by atoms with E-state index in [0.717, 1.165) is 117 Å². The maximum absolute atomic E-state index is 10.5. The Hall–Kier alpha value is -1.75. The van der Waals surface area contributed by atoms with Crippen molar-refractivity contribution >= 4 is 12.2 Å². The van der Waals surface area contributed by atoms with Crippen LogP contribution in [0.4, 0.5) is 4.79 Å². The first-order valence-corrected chi connectivity index (χ1v) is 24.5. The van der Waals surface area contributed by atoms with Gasteiger partial charge in [0.05, 0.1) is 45.2 Å². The van der Waals surface area contributed by atoms with E-state index in [-0.39, 0.29) is 98.7 Å². The van der Waals surface area contributed by atoms with E-state index in [1.54, 1.807) is 0 Å². The molecule has 15 heteroatoms. The Labute approximate surface area is 462 Å². The number of aliphatic hydroxyl groups is 3. The number of rotatable bonds is 33. The number of likely N-dealkylation sites (N-methyl/N-ethyl adjacent to an activating group) is 1. The van der Waals surface area contributed by atoms with Gasteiger partial charge in [-0.3, -0.25) is 0 Å². The van der Waals surface area contributed by atoms with Crippen molar-refractivity contribution in [1.82, 2.24) is 10.6 Å². The number of aliphatic hydroxyl groups excluding tert-OH is 3. The van der Waals surface area contributed by atoms with Crippen molar-refractivity contribution < 1.29 is 62.9 Å². The van der Waals surface area contributed by atoms with Crippen LogP contribution in [-0.4, -0.2) is 151 Å². The second-order valence-electron chi connectivity index (χ2n) is 13.4. The van der Waals surface area contributed by atoms with E-state index in [4.69, 9.17) is 43.1 Å². The zero-order chi connectivity index (χ0) is 49.9. The summed E-state index contributed by atoms with van der Waals surface area (Å²) in [6.07, 6.45) is 13.2. The molecule has 5 N–H and O–H groups in total. The van der Waals surface area contributed by atoms with Crippen molar-refractivity contribution in [2.24, 2.45) is 0 Å². The van der Waals surface area contributed by atoms with E-state index in [0.29, 0.717) is 52.8 Å². The SMILES string of the molecule is C.C.C.C.C.C.C.C.C.C.CCCCC.CCCCC(O)COCC.CCCOC(=O)NCC.CCCOCC.CCCOCC(O)COCC.CCNCCOCC.CCOCCCCC(O)CC.O=C=O. The molecular formula is C58H148N2O13. The Bertz CT molecular complexity index is 722. The molecule has 0 saturated heterocycles. The van der Waals surface area contributed by atoms with Gasteiger partial charge in [-0.25, -0.2) is 4.79 Å². The van der Waals surface area contributed by atoms with Crippen molar-refractivity contribution in [1.29, 1.82) is 0 Å². The van der Waals surface area contributed by atoms with Crippen molar-refractivity contribution in [2.45, 2.75) is 273 Å². The van der Waals surface area contributed by atoms with Gasteiger partial charge in [0.2, 0.25) is 0 Å². The fourth-order valence-corrected chi connectivity index (χ4v) is 3.87. The highest BCUT2D eigenvalue weighted by atomic mass is 16.5. The molecule has 73 heavy (non-hydrogen) atoms. The molecule has 468 valence electrons. The summed E-state index contributed by atoms with van der Waals surface area (Å²) in [7, 11) is 0. The molecule has 0 aromatic carbocycles. The maximum Gasteiger partial charge on any atom is 0.407 e. The van der Waals surface area contributed by atoms with E-state index in [9.17, 15) is 15.0 Å². The quantitative estimate of drug-likeness (QED) is 0.0389. The average Bonchev–Trinajstić information content (AvgIpc) is 3.28. The van der Waals surface area contributed by atoms with Crippen LogP contribution in [0.15, 0.2) is 0 Å². The van der Waals surface area contributed by atoms with Crippen LogP contribution in [0.5, 0.6) is 0 Å². The number of carbonyl (C=O) groups is 1. The number of hydrogen-bond acceptors (Lipinski definition) is 14. The molecule has 0 bridgehead atoms. The van der Waals surface area contributed by atoms with Crippen LogP contribution in [0.3, 0.4) is 0 Å². The van der Waals surface area contributed by atoms with Gasteiger partial charge in [0.15, 0.2) is 0 Å². The summed E-state index contributed by atoms with van der Waals surface area (Å²) in [5.74, 6) is 0. The molecule has 0 aromatic rings. The lowest BCUT2D eigenvalue weighted by Crippen LogP contribution is -2.23. The third kappa shape index (κ3) is 192. The summed E-state index contributed by atoms with van der Waals surface area (Å²) in [4.78, 5) is 26.7. The van der Waals surface area contributed by atoms with Gasteiger partial charge < -0.3 is 59.1 Å². The molecule has 15 nitrogen and oxygen atoms in total. The highest BCUT2D eigenvalue weighted by Crippen LogP contribution is 2.03. The first kappa shape index (κ1) is 124. The van der Waals surface area contributed by atoms with Gasteiger partial charge in [-0.1, -0.05) is 162 Å². The zero-order valence-corrected chi connectivity index (χ0v) is 43.7. The summed E-state index contributed by atoms with van der Waals surface area (Å²) in [6.45, 7) is 40.0. The summed E-state index contributed by atoms with van der Waals surface area (Å²) < 4.78 is 35.1. The van der Waals surface area contributed by atoms with Crippen LogP contribution in [0.1, 0.15) is 255 Å². The highest BCUT2D eigenvalue weighted by Gasteiger charge is 2.03. The number of hydrogen-bond donors (Lipinski definition) is 5. The fraction of sp³-hybridized carbons (Fsp3) is 0.966. The average molecular weight is 1080 g/mol. The summed E-state index contributed by atoms with van der Waals surface area (Å²) in [5.41, 5.74) is 0. The second-order valence-corrected chi connectivity index (χ2v) is 13.4. The van der Waals surface area contributed by atoms with Gasteiger partial charge in [-0.05, 0) is 99.5 Å². The number of alkyl carbamates (subject to hydrolysis) is 1. The number of amides is 1. The monoisotopic (exact) mass is 1080 g/mol. The summed E-state index contributed by atoms with van der Waals surface area (Å²) >= 11 is 0. The molecule has 0 radical (unpaired) electrons. The summed E-state index contributed by atoms with van der Waals surface area (Å²) in [6, 6.07) is 0. The first-order chi connectivity index (χ1) is 30.4. The third-order valence-electron chi connectivity index (χ3n) is 7.23. The number of nitrogens with one attached hydrogen (secondary N) is 2. The molecule has 1 amide bonds. The second kappa shape index (κ2) is 139. The van der Waals surface area contributed by atoms with E-state index < -0.39 is 6.10 Å². The molecule has 0 aliphatic rings. The first-order valence-electron chi connectivity index (χ1n) is 24.5. The lowest BCUT2D eigenvalue weighted by atomic mass is 10.1. The maximum atomic E-state index is 10.5. The van der Waals surface area contributed by atoms with E-state index >= 15 is 0 Å². The molecule has 0 heterocycles. The van der Waals surface area contributed by atoms with Crippen molar-refractivity contribution in [3.63, 3.8) is 0 Å². The molecule has 0 saturated carbocycles. The Morgan fingerprint density at radius 3 is 1.12 bits per heavy atom. The standard InChI is InChI=1S/C9H20O2.C8H18O3.C8H18O2.C6H13NO2.C6H15NO.C5H12O.C5H12.CO2.10CH4/c1-3-9(10)7-5-6-8-11-4-2;1-3-5-11-7-8(9)6-10-4-2;1-3-5-6-8(9)7-10-4-2;1-3-5-9-6(8)7-4-2;1-3-7-5-6-8-4-2;1-3-5-6-4-2;1-3-5-4-2;2-1-3;;;;;;;;;;/h9-10H,3-8H2,1-2H3;8-9H,3-7H2,1-2H3;8-9H,3-7H2,1-2H3;3-5H2,1-2H3,(H,7,8);7H,3-6H2,1-2H3;3-5H2,1-2H3;3-5H2,1-2H3;;10*1H4. The molecule has 0 aromatic heterocycles. The van der Waals surface area contributed by atoms with Crippen molar-refractivity contribution in [3.8, 4) is 0 Å². The highest BCUT2D eigenvalue weighted by molar-refractivity contribution is 5.66. The smallest absolute Gasteiger partial charge is 0.407 e. The van der Waals surface area contributed by atoms with Crippen LogP contribution in [0.2, 0.25) is 0 Å². The molecule has 3 atom stereocenters. The Balaban J connectivity index is -0.0000000296. The third-order valence-corrected chi connectivity index (χ3v) is 7.23. The molecular weight excluding hydrogens is 933 g/mol. The number of ether oxygens (including phenoxy) is 7. The Morgan fingerprint density at radius 1 is 0.411 bits per heavy atom. The van der Waals surface area contributed by atoms with Crippen LogP contribution in [0.25, 0.3) is 0 Å². The minimum absolute atomic E-state index is 0. The van der Waals surface area contributed by atoms with Gasteiger partial charge in [-0.15, -0.1) is 0 Å². The Morgan fingerprint density at radius 2 is 0.781 bits per heavy atom. The number of unbranched alkanes of at least 4 members (excludes halogenated alkanes) is 4. The van der Waals surface area contributed by atoms with Gasteiger partial charge in [-0.2, -0.15) is 9.59 Å². The van der Waals surface area contributed by atoms with Crippen LogP contribution in [-0.2, 0) is 42.7 Å². The lowest BCUT2D eigenvalue weighted by Gasteiger charge is -2.09. The predicted molar refractivity (Wildman–Crippen MR) is 327 cm³/mol. The van der Waals surface area contributed by atoms with Crippen molar-refractivity contribution in [3.05, 3.63) is 0 Å². The normalized spacial score (nSPS) is 9.44. The molecule has 0 aliphatic heterocycles. The lowest BCUT2D eigenvalue weighted by molar-refractivity contribution is -0.191. The van der Waals surface area contributed by atoms with Gasteiger partial charge in [0.1, 0.15) is 6.10 Å². The zero-order valence-electron chi connectivity index (χ0n) is 43.7. The minimum Gasteiger partial charge on any atom is -0.450 e. The van der Waals surface area contributed by atoms with Gasteiger partial charge >= 0.3 is 12.2 Å². The largest absolute Gasteiger partial charge is 0.450 e. The number of carbonyl (C=O) groups excluding carboxylic acids is 3. The fourth-order valence-electron chi connectivity index (χ4n) is 3.87. The molecule has 0 spiro atoms.